The highest BCUT2D eigenvalue weighted by Crippen LogP contribution is 2.14. The SMILES string of the molecule is COCCO[C@@H]1CN(C(C)C)CCC1N. The Labute approximate surface area is 92.7 Å². The smallest absolute Gasteiger partial charge is 0.0854 e. The summed E-state index contributed by atoms with van der Waals surface area (Å²) in [5, 5.41) is 0. The molecular formula is C11H24N2O2. The Bertz CT molecular complexity index is 176. The third kappa shape index (κ3) is 4.07. The summed E-state index contributed by atoms with van der Waals surface area (Å²) < 4.78 is 10.7. The van der Waals surface area contributed by atoms with Gasteiger partial charge in [-0.25, -0.2) is 0 Å². The van der Waals surface area contributed by atoms with Gasteiger partial charge in [0.25, 0.3) is 0 Å². The van der Waals surface area contributed by atoms with Crippen LogP contribution in [0.2, 0.25) is 0 Å². The Hall–Kier alpha value is -0.160. The molecule has 0 aliphatic carbocycles. The molecule has 1 heterocycles. The average molecular weight is 216 g/mol. The van der Waals surface area contributed by atoms with Crippen LogP contribution in [0, 0.1) is 0 Å². The van der Waals surface area contributed by atoms with E-state index >= 15 is 0 Å². The van der Waals surface area contributed by atoms with Gasteiger partial charge >= 0.3 is 0 Å². The zero-order valence-corrected chi connectivity index (χ0v) is 10.1. The Morgan fingerprint density at radius 2 is 2.13 bits per heavy atom. The summed E-state index contributed by atoms with van der Waals surface area (Å²) in [4.78, 5) is 2.42. The molecular weight excluding hydrogens is 192 g/mol. The second-order valence-corrected chi connectivity index (χ2v) is 4.44. The molecule has 1 unspecified atom stereocenters. The molecule has 4 nitrogen and oxygen atoms in total. The molecule has 90 valence electrons. The molecule has 0 aromatic heterocycles. The minimum Gasteiger partial charge on any atom is -0.382 e. The van der Waals surface area contributed by atoms with Crippen LogP contribution >= 0.6 is 0 Å². The summed E-state index contributed by atoms with van der Waals surface area (Å²) in [6, 6.07) is 0.753. The number of hydrogen-bond donors (Lipinski definition) is 1. The predicted octanol–water partition coefficient (Wildman–Crippen LogP) is 0.459. The van der Waals surface area contributed by atoms with Crippen LogP contribution in [0.5, 0.6) is 0 Å². The van der Waals surface area contributed by atoms with Crippen molar-refractivity contribution in [2.75, 3.05) is 33.4 Å². The molecule has 0 aromatic carbocycles. The molecule has 15 heavy (non-hydrogen) atoms. The molecule has 0 amide bonds. The molecule has 2 N–H and O–H groups in total. The van der Waals surface area contributed by atoms with Gasteiger partial charge in [0.1, 0.15) is 0 Å². The van der Waals surface area contributed by atoms with Gasteiger partial charge in [-0.15, -0.1) is 0 Å². The van der Waals surface area contributed by atoms with Crippen molar-refractivity contribution < 1.29 is 9.47 Å². The van der Waals surface area contributed by atoms with Crippen molar-refractivity contribution in [1.82, 2.24) is 4.90 Å². The monoisotopic (exact) mass is 216 g/mol. The van der Waals surface area contributed by atoms with Crippen molar-refractivity contribution in [3.63, 3.8) is 0 Å². The Balaban J connectivity index is 2.32. The average Bonchev–Trinajstić information content (AvgIpc) is 2.20. The first-order chi connectivity index (χ1) is 7.15. The largest absolute Gasteiger partial charge is 0.382 e. The van der Waals surface area contributed by atoms with Crippen molar-refractivity contribution in [1.29, 1.82) is 0 Å². The van der Waals surface area contributed by atoms with Crippen molar-refractivity contribution in [2.45, 2.75) is 38.5 Å². The number of nitrogens with zero attached hydrogens (tertiary/aromatic N) is 1. The van der Waals surface area contributed by atoms with Crippen molar-refractivity contribution in [3.8, 4) is 0 Å². The fourth-order valence-electron chi connectivity index (χ4n) is 1.89. The van der Waals surface area contributed by atoms with E-state index in [1.165, 1.54) is 0 Å². The number of piperidine rings is 1. The van der Waals surface area contributed by atoms with E-state index in [1.807, 2.05) is 0 Å². The van der Waals surface area contributed by atoms with E-state index in [9.17, 15) is 0 Å². The first-order valence-electron chi connectivity index (χ1n) is 5.75. The Morgan fingerprint density at radius 3 is 2.73 bits per heavy atom. The van der Waals surface area contributed by atoms with Crippen LogP contribution in [-0.4, -0.2) is 56.5 Å². The Kier molecular flexibility index (Phi) is 5.53. The van der Waals surface area contributed by atoms with Gasteiger partial charge in [0.05, 0.1) is 19.3 Å². The lowest BCUT2D eigenvalue weighted by molar-refractivity contribution is -0.0371. The van der Waals surface area contributed by atoms with Gasteiger partial charge in [0, 0.05) is 32.3 Å². The predicted molar refractivity (Wildman–Crippen MR) is 60.9 cm³/mol. The van der Waals surface area contributed by atoms with Gasteiger partial charge in [-0.3, -0.25) is 4.90 Å². The topological polar surface area (TPSA) is 47.7 Å². The quantitative estimate of drug-likeness (QED) is 0.678. The first kappa shape index (κ1) is 12.9. The van der Waals surface area contributed by atoms with E-state index in [2.05, 4.69) is 18.7 Å². The molecule has 1 saturated heterocycles. The van der Waals surface area contributed by atoms with Gasteiger partial charge in [-0.05, 0) is 20.3 Å². The summed E-state index contributed by atoms with van der Waals surface area (Å²) >= 11 is 0. The van der Waals surface area contributed by atoms with E-state index in [1.54, 1.807) is 7.11 Å². The zero-order chi connectivity index (χ0) is 11.3. The van der Waals surface area contributed by atoms with Crippen LogP contribution in [0.4, 0.5) is 0 Å². The van der Waals surface area contributed by atoms with Gasteiger partial charge in [0.2, 0.25) is 0 Å². The molecule has 0 aromatic rings. The highest BCUT2D eigenvalue weighted by molar-refractivity contribution is 4.85. The second kappa shape index (κ2) is 6.43. The lowest BCUT2D eigenvalue weighted by Gasteiger charge is -2.38. The summed E-state index contributed by atoms with van der Waals surface area (Å²) in [6.07, 6.45) is 1.19. The highest BCUT2D eigenvalue weighted by atomic mass is 16.5. The fourth-order valence-corrected chi connectivity index (χ4v) is 1.89. The van der Waals surface area contributed by atoms with Crippen molar-refractivity contribution in [2.24, 2.45) is 5.73 Å². The minimum absolute atomic E-state index is 0.163. The second-order valence-electron chi connectivity index (χ2n) is 4.44. The minimum atomic E-state index is 0.163. The van der Waals surface area contributed by atoms with Gasteiger partial charge in [0.15, 0.2) is 0 Å². The van der Waals surface area contributed by atoms with E-state index < -0.39 is 0 Å². The van der Waals surface area contributed by atoms with Crippen LogP contribution in [0.15, 0.2) is 0 Å². The normalized spacial score (nSPS) is 28.6. The van der Waals surface area contributed by atoms with Crippen LogP contribution in [0.3, 0.4) is 0 Å². The zero-order valence-electron chi connectivity index (χ0n) is 10.1. The number of likely N-dealkylation sites (tertiary alicyclic amines) is 1. The Morgan fingerprint density at radius 1 is 1.40 bits per heavy atom. The molecule has 0 saturated carbocycles. The van der Waals surface area contributed by atoms with Gasteiger partial charge in [-0.2, -0.15) is 0 Å². The summed E-state index contributed by atoms with van der Waals surface area (Å²) in [5.41, 5.74) is 6.03. The molecule has 1 rings (SSSR count). The highest BCUT2D eigenvalue weighted by Gasteiger charge is 2.28. The molecule has 2 atom stereocenters. The number of rotatable bonds is 5. The summed E-state index contributed by atoms with van der Waals surface area (Å²) in [7, 11) is 1.69. The van der Waals surface area contributed by atoms with Crippen LogP contribution in [0.25, 0.3) is 0 Å². The molecule has 1 fully saturated rings. The molecule has 4 heteroatoms. The van der Waals surface area contributed by atoms with Crippen LogP contribution < -0.4 is 5.73 Å². The fraction of sp³-hybridized carbons (Fsp3) is 1.00. The van der Waals surface area contributed by atoms with Crippen molar-refractivity contribution in [3.05, 3.63) is 0 Å². The molecule has 0 spiro atoms. The first-order valence-corrected chi connectivity index (χ1v) is 5.75. The van der Waals surface area contributed by atoms with E-state index in [4.69, 9.17) is 15.2 Å². The van der Waals surface area contributed by atoms with Crippen LogP contribution in [-0.2, 0) is 9.47 Å². The summed E-state index contributed by atoms with van der Waals surface area (Å²) in [5.74, 6) is 0. The number of methoxy groups -OCH3 is 1. The van der Waals surface area contributed by atoms with E-state index in [0.717, 1.165) is 19.5 Å². The molecule has 0 bridgehead atoms. The maximum Gasteiger partial charge on any atom is 0.0854 e. The number of hydrogen-bond acceptors (Lipinski definition) is 4. The third-order valence-corrected chi connectivity index (χ3v) is 2.99. The maximum absolute atomic E-state index is 6.03. The maximum atomic E-state index is 6.03. The number of ether oxygens (including phenoxy) is 2. The van der Waals surface area contributed by atoms with Crippen molar-refractivity contribution >= 4 is 0 Å². The third-order valence-electron chi connectivity index (χ3n) is 2.99. The standard InChI is InChI=1S/C11H24N2O2/c1-9(2)13-5-4-10(12)11(8-13)15-7-6-14-3/h9-11H,4-8,12H2,1-3H3/t10?,11-/m1/s1. The molecule has 0 radical (unpaired) electrons. The molecule has 1 aliphatic heterocycles. The number of nitrogens with two attached hydrogens (primary N) is 1. The molecule has 1 aliphatic rings. The van der Waals surface area contributed by atoms with Gasteiger partial charge in [-0.1, -0.05) is 0 Å². The van der Waals surface area contributed by atoms with E-state index in [0.29, 0.717) is 19.3 Å². The summed E-state index contributed by atoms with van der Waals surface area (Å²) in [6.45, 7) is 7.74. The van der Waals surface area contributed by atoms with E-state index in [-0.39, 0.29) is 12.1 Å². The van der Waals surface area contributed by atoms with Gasteiger partial charge < -0.3 is 15.2 Å². The van der Waals surface area contributed by atoms with Crippen LogP contribution in [0.1, 0.15) is 20.3 Å². The lowest BCUT2D eigenvalue weighted by Crippen LogP contribution is -2.53. The lowest BCUT2D eigenvalue weighted by atomic mass is 10.0.